The molecule has 98 valence electrons. The third kappa shape index (κ3) is 4.42. The maximum Gasteiger partial charge on any atom is 0.341 e. The molecule has 0 fully saturated rings. The largest absolute Gasteiger partial charge is 0.482 e. The minimum absolute atomic E-state index is 0.191. The van der Waals surface area contributed by atoms with Crippen molar-refractivity contribution in [2.45, 2.75) is 12.5 Å². The first kappa shape index (κ1) is 14.0. The van der Waals surface area contributed by atoms with Gasteiger partial charge in [-0.25, -0.2) is 9.59 Å². The molecule has 2 N–H and O–H groups in total. The number of carboxylic acids is 2. The van der Waals surface area contributed by atoms with Gasteiger partial charge in [-0.2, -0.15) is 0 Å². The van der Waals surface area contributed by atoms with Gasteiger partial charge in [0.25, 0.3) is 0 Å². The lowest BCUT2D eigenvalue weighted by molar-refractivity contribution is -0.148. The Bertz CT molecular complexity index is 428. The monoisotopic (exact) mass is 254 g/mol. The van der Waals surface area contributed by atoms with Crippen molar-refractivity contribution in [3.63, 3.8) is 0 Å². The molecule has 0 aliphatic carbocycles. The van der Waals surface area contributed by atoms with Crippen LogP contribution in [0.4, 0.5) is 0 Å². The molecule has 0 aliphatic heterocycles. The zero-order chi connectivity index (χ0) is 13.5. The maximum atomic E-state index is 10.8. The smallest absolute Gasteiger partial charge is 0.341 e. The fraction of sp³-hybridized carbons (Fsp3) is 0.333. The number of methoxy groups -OCH3 is 1. The summed E-state index contributed by atoms with van der Waals surface area (Å²) in [6.07, 6.45) is -0.740. The Morgan fingerprint density at radius 1 is 1.33 bits per heavy atom. The molecule has 0 heterocycles. The second-order valence-corrected chi connectivity index (χ2v) is 3.60. The predicted molar refractivity (Wildman–Crippen MR) is 61.7 cm³/mol. The normalized spacial score (nSPS) is 11.8. The Hall–Kier alpha value is -2.08. The van der Waals surface area contributed by atoms with Crippen LogP contribution in [0.15, 0.2) is 24.3 Å². The molecule has 6 heteroatoms. The highest BCUT2D eigenvalue weighted by molar-refractivity contribution is 5.72. The highest BCUT2D eigenvalue weighted by Gasteiger charge is 2.17. The van der Waals surface area contributed by atoms with Crippen LogP contribution in [0.2, 0.25) is 0 Å². The molecule has 1 aromatic carbocycles. The van der Waals surface area contributed by atoms with Gasteiger partial charge in [0.1, 0.15) is 5.75 Å². The first-order valence-corrected chi connectivity index (χ1v) is 5.22. The molecule has 0 spiro atoms. The minimum Gasteiger partial charge on any atom is -0.482 e. The Morgan fingerprint density at radius 3 is 2.61 bits per heavy atom. The average molecular weight is 254 g/mol. The first-order chi connectivity index (χ1) is 8.52. The van der Waals surface area contributed by atoms with Crippen molar-refractivity contribution in [3.05, 3.63) is 29.8 Å². The summed E-state index contributed by atoms with van der Waals surface area (Å²) in [6.45, 7) is -0.434. The molecule has 6 nitrogen and oxygen atoms in total. The van der Waals surface area contributed by atoms with Gasteiger partial charge < -0.3 is 19.7 Å². The van der Waals surface area contributed by atoms with E-state index in [0.717, 1.165) is 0 Å². The summed E-state index contributed by atoms with van der Waals surface area (Å²) in [5.74, 6) is -1.73. The molecule has 0 amide bonds. The van der Waals surface area contributed by atoms with Crippen LogP contribution >= 0.6 is 0 Å². The van der Waals surface area contributed by atoms with Crippen molar-refractivity contribution in [1.82, 2.24) is 0 Å². The van der Waals surface area contributed by atoms with Crippen molar-refractivity contribution in [2.75, 3.05) is 13.7 Å². The number of rotatable bonds is 7. The number of hydrogen-bond donors (Lipinski definition) is 2. The summed E-state index contributed by atoms with van der Waals surface area (Å²) in [7, 11) is 1.32. The fourth-order valence-electron chi connectivity index (χ4n) is 1.39. The number of aliphatic carboxylic acids is 2. The topological polar surface area (TPSA) is 93.1 Å². The average Bonchev–Trinajstić information content (AvgIpc) is 2.33. The van der Waals surface area contributed by atoms with Gasteiger partial charge in [0.05, 0.1) is 0 Å². The van der Waals surface area contributed by atoms with Crippen molar-refractivity contribution in [1.29, 1.82) is 0 Å². The zero-order valence-corrected chi connectivity index (χ0v) is 9.83. The van der Waals surface area contributed by atoms with Crippen molar-refractivity contribution < 1.29 is 29.3 Å². The molecule has 0 aliphatic rings. The lowest BCUT2D eigenvalue weighted by Gasteiger charge is -2.11. The molecule has 1 aromatic rings. The van der Waals surface area contributed by atoms with E-state index < -0.39 is 24.6 Å². The summed E-state index contributed by atoms with van der Waals surface area (Å²) in [4.78, 5) is 21.1. The number of ether oxygens (including phenoxy) is 2. The van der Waals surface area contributed by atoms with E-state index in [2.05, 4.69) is 0 Å². The van der Waals surface area contributed by atoms with E-state index in [4.69, 9.17) is 19.7 Å². The van der Waals surface area contributed by atoms with Crippen LogP contribution in [-0.4, -0.2) is 42.0 Å². The second kappa shape index (κ2) is 6.61. The van der Waals surface area contributed by atoms with E-state index in [9.17, 15) is 9.59 Å². The lowest BCUT2D eigenvalue weighted by atomic mass is 10.1. The number of benzene rings is 1. The molecule has 0 saturated heterocycles. The lowest BCUT2D eigenvalue weighted by Crippen LogP contribution is -2.24. The van der Waals surface area contributed by atoms with Crippen molar-refractivity contribution >= 4 is 11.9 Å². The van der Waals surface area contributed by atoms with Gasteiger partial charge in [-0.05, 0) is 17.7 Å². The molecule has 0 aromatic heterocycles. The Kier molecular flexibility index (Phi) is 5.13. The van der Waals surface area contributed by atoms with E-state index >= 15 is 0 Å². The molecule has 0 radical (unpaired) electrons. The SMILES string of the molecule is COC(Cc1cccc(OCC(=O)O)c1)C(=O)O. The molecule has 18 heavy (non-hydrogen) atoms. The Balaban J connectivity index is 2.69. The van der Waals surface area contributed by atoms with Gasteiger partial charge in [0, 0.05) is 13.5 Å². The maximum absolute atomic E-state index is 10.8. The van der Waals surface area contributed by atoms with Crippen LogP contribution in [0.5, 0.6) is 5.75 Å². The van der Waals surface area contributed by atoms with E-state index in [1.165, 1.54) is 7.11 Å². The van der Waals surface area contributed by atoms with Gasteiger partial charge in [-0.3, -0.25) is 0 Å². The number of hydrogen-bond acceptors (Lipinski definition) is 4. The third-order valence-corrected chi connectivity index (χ3v) is 2.24. The molecule has 1 unspecified atom stereocenters. The van der Waals surface area contributed by atoms with Crippen LogP contribution < -0.4 is 4.74 Å². The predicted octanol–water partition coefficient (Wildman–Crippen LogP) is 0.792. The van der Waals surface area contributed by atoms with E-state index in [-0.39, 0.29) is 6.42 Å². The Labute approximate surface area is 104 Å². The number of carboxylic acid groups (broad SMARTS) is 2. The molecular weight excluding hydrogens is 240 g/mol. The molecular formula is C12H14O6. The molecule has 0 bridgehead atoms. The highest BCUT2D eigenvalue weighted by Crippen LogP contribution is 2.15. The van der Waals surface area contributed by atoms with Gasteiger partial charge in [0.2, 0.25) is 0 Å². The van der Waals surface area contributed by atoms with E-state index in [1.54, 1.807) is 24.3 Å². The summed E-state index contributed by atoms with van der Waals surface area (Å²) >= 11 is 0. The summed E-state index contributed by atoms with van der Waals surface area (Å²) < 4.78 is 9.82. The number of carbonyl (C=O) groups is 2. The van der Waals surface area contributed by atoms with Crippen LogP contribution in [0.3, 0.4) is 0 Å². The van der Waals surface area contributed by atoms with Gasteiger partial charge in [0.15, 0.2) is 12.7 Å². The van der Waals surface area contributed by atoms with Crippen LogP contribution in [0.25, 0.3) is 0 Å². The van der Waals surface area contributed by atoms with Crippen LogP contribution in [-0.2, 0) is 20.7 Å². The van der Waals surface area contributed by atoms with Gasteiger partial charge in [-0.1, -0.05) is 12.1 Å². The van der Waals surface area contributed by atoms with E-state index in [0.29, 0.717) is 11.3 Å². The summed E-state index contributed by atoms with van der Waals surface area (Å²) in [6, 6.07) is 6.59. The zero-order valence-electron chi connectivity index (χ0n) is 9.83. The van der Waals surface area contributed by atoms with Gasteiger partial charge in [-0.15, -0.1) is 0 Å². The van der Waals surface area contributed by atoms with Gasteiger partial charge >= 0.3 is 11.9 Å². The summed E-state index contributed by atoms with van der Waals surface area (Å²) in [5.41, 5.74) is 0.701. The van der Waals surface area contributed by atoms with Crippen LogP contribution in [0.1, 0.15) is 5.56 Å². The minimum atomic E-state index is -1.07. The third-order valence-electron chi connectivity index (χ3n) is 2.24. The molecule has 0 saturated carbocycles. The molecule has 1 atom stereocenters. The molecule has 1 rings (SSSR count). The second-order valence-electron chi connectivity index (χ2n) is 3.60. The Morgan fingerprint density at radius 2 is 2.06 bits per heavy atom. The van der Waals surface area contributed by atoms with E-state index in [1.807, 2.05) is 0 Å². The quantitative estimate of drug-likeness (QED) is 0.747. The van der Waals surface area contributed by atoms with Crippen molar-refractivity contribution in [2.24, 2.45) is 0 Å². The first-order valence-electron chi connectivity index (χ1n) is 5.22. The van der Waals surface area contributed by atoms with Crippen molar-refractivity contribution in [3.8, 4) is 5.75 Å². The van der Waals surface area contributed by atoms with Crippen LogP contribution in [0, 0.1) is 0 Å². The highest BCUT2D eigenvalue weighted by atomic mass is 16.5. The summed E-state index contributed by atoms with van der Waals surface area (Å²) in [5, 5.41) is 17.3. The fourth-order valence-corrected chi connectivity index (χ4v) is 1.39. The standard InChI is InChI=1S/C12H14O6/c1-17-10(12(15)16)6-8-3-2-4-9(5-8)18-7-11(13)14/h2-5,10H,6-7H2,1H3,(H,13,14)(H,15,16).